The summed E-state index contributed by atoms with van der Waals surface area (Å²) in [6.45, 7) is -0.179. The number of hydrogen-bond donors (Lipinski definition) is 1. The average molecular weight is 517 g/mol. The molecule has 2 aromatic heterocycles. The second kappa shape index (κ2) is 8.58. The Morgan fingerprint density at radius 2 is 1.54 bits per heavy atom. The second-order valence-corrected chi connectivity index (χ2v) is 9.59. The Hall–Kier alpha value is -4.13. The minimum Gasteiger partial charge on any atom is -0.384 e. The van der Waals surface area contributed by atoms with Gasteiger partial charge in [0.2, 0.25) is 9.84 Å². The summed E-state index contributed by atoms with van der Waals surface area (Å²) in [6.07, 6.45) is -4.53. The molecule has 8 nitrogen and oxygen atoms in total. The van der Waals surface area contributed by atoms with Gasteiger partial charge in [-0.15, -0.1) is 0 Å². The summed E-state index contributed by atoms with van der Waals surface area (Å²) in [7, 11) is -4.30. The molecule has 35 heavy (non-hydrogen) atoms. The Balaban J connectivity index is 1.96. The summed E-state index contributed by atoms with van der Waals surface area (Å²) in [6, 6.07) is 12.9. The molecule has 0 radical (unpaired) electrons. The fraction of sp³-hybridized carbons (Fsp3) is 0.0909. The largest absolute Gasteiger partial charge is 0.416 e. The van der Waals surface area contributed by atoms with Gasteiger partial charge in [-0.05, 0) is 42.0 Å². The molecular formula is C22H12ClF3N6O2S. The van der Waals surface area contributed by atoms with Crippen LogP contribution in [0.3, 0.4) is 0 Å². The number of nitrogens with two attached hydrogens (primary N) is 1. The van der Waals surface area contributed by atoms with Crippen LogP contribution in [0.15, 0.2) is 58.3 Å². The number of anilines is 1. The standard InChI is InChI=1S/C22H12ClF3N6O2S/c23-14-5-7-15(8-6-14)35(33,34)19-18-21(31-17(10-28)16(9-27)30-18)32(20(19)29)11-12-1-3-13(4-2-12)22(24,25)26/h1-8H,11,29H2. The molecule has 0 aliphatic rings. The van der Waals surface area contributed by atoms with Gasteiger partial charge in [-0.25, -0.2) is 18.4 Å². The normalized spacial score (nSPS) is 11.8. The van der Waals surface area contributed by atoms with Gasteiger partial charge in [0.05, 0.1) is 17.0 Å². The minimum absolute atomic E-state index is 0.120. The molecule has 0 aliphatic carbocycles. The maximum absolute atomic E-state index is 13.5. The lowest BCUT2D eigenvalue weighted by Gasteiger charge is -2.10. The van der Waals surface area contributed by atoms with Gasteiger partial charge < -0.3 is 10.3 Å². The smallest absolute Gasteiger partial charge is 0.384 e. The highest BCUT2D eigenvalue weighted by Gasteiger charge is 2.32. The van der Waals surface area contributed by atoms with E-state index in [0.717, 1.165) is 12.1 Å². The van der Waals surface area contributed by atoms with Crippen LogP contribution in [0.25, 0.3) is 11.2 Å². The molecule has 176 valence electrons. The third-order valence-corrected chi connectivity index (χ3v) is 7.18. The van der Waals surface area contributed by atoms with E-state index in [0.29, 0.717) is 10.6 Å². The number of benzene rings is 2. The fourth-order valence-corrected chi connectivity index (χ4v) is 5.05. The Bertz CT molecular complexity index is 1650. The van der Waals surface area contributed by atoms with Gasteiger partial charge in [0.1, 0.15) is 28.4 Å². The lowest BCUT2D eigenvalue weighted by atomic mass is 10.1. The maximum atomic E-state index is 13.5. The Labute approximate surface area is 201 Å². The van der Waals surface area contributed by atoms with E-state index in [-0.39, 0.29) is 34.1 Å². The van der Waals surface area contributed by atoms with Crippen LogP contribution in [0.2, 0.25) is 5.02 Å². The van der Waals surface area contributed by atoms with Gasteiger partial charge in [-0.2, -0.15) is 23.7 Å². The highest BCUT2D eigenvalue weighted by atomic mass is 35.5. The molecule has 4 rings (SSSR count). The molecule has 0 atom stereocenters. The van der Waals surface area contributed by atoms with Crippen molar-refractivity contribution in [3.8, 4) is 12.1 Å². The van der Waals surface area contributed by atoms with E-state index < -0.39 is 32.2 Å². The molecule has 0 saturated heterocycles. The summed E-state index contributed by atoms with van der Waals surface area (Å²) in [4.78, 5) is 7.52. The first-order valence-corrected chi connectivity index (χ1v) is 11.5. The van der Waals surface area contributed by atoms with Crippen LogP contribution in [-0.4, -0.2) is 23.0 Å². The molecular weight excluding hydrogens is 505 g/mol. The molecule has 0 bridgehead atoms. The third-order valence-electron chi connectivity index (χ3n) is 5.10. The quantitative estimate of drug-likeness (QED) is 0.426. The Morgan fingerprint density at radius 1 is 0.971 bits per heavy atom. The van der Waals surface area contributed by atoms with Crippen LogP contribution in [0.5, 0.6) is 0 Å². The molecule has 0 amide bonds. The SMILES string of the molecule is N#Cc1nc2c(S(=O)(=O)c3ccc(Cl)cc3)c(N)n(Cc3ccc(C(F)(F)F)cc3)c2nc1C#N. The van der Waals surface area contributed by atoms with Gasteiger partial charge in [0.25, 0.3) is 0 Å². The van der Waals surface area contributed by atoms with Crippen LogP contribution in [0, 0.1) is 22.7 Å². The van der Waals surface area contributed by atoms with E-state index in [1.54, 1.807) is 12.1 Å². The topological polar surface area (TPSA) is 138 Å². The van der Waals surface area contributed by atoms with Crippen LogP contribution in [0.4, 0.5) is 19.0 Å². The van der Waals surface area contributed by atoms with Gasteiger partial charge in [-0.1, -0.05) is 23.7 Å². The van der Waals surface area contributed by atoms with Crippen molar-refractivity contribution in [2.24, 2.45) is 0 Å². The average Bonchev–Trinajstić information content (AvgIpc) is 3.09. The number of rotatable bonds is 4. The van der Waals surface area contributed by atoms with Crippen molar-refractivity contribution < 1.29 is 21.6 Å². The number of hydrogen-bond acceptors (Lipinski definition) is 7. The van der Waals surface area contributed by atoms with Crippen molar-refractivity contribution in [2.75, 3.05) is 5.73 Å². The van der Waals surface area contributed by atoms with Crippen molar-refractivity contribution in [3.05, 3.63) is 76.1 Å². The zero-order valence-electron chi connectivity index (χ0n) is 17.4. The molecule has 0 spiro atoms. The monoisotopic (exact) mass is 516 g/mol. The highest BCUT2D eigenvalue weighted by Crippen LogP contribution is 2.36. The van der Waals surface area contributed by atoms with Gasteiger partial charge in [-0.3, -0.25) is 0 Å². The van der Waals surface area contributed by atoms with Crippen molar-refractivity contribution >= 4 is 38.4 Å². The summed E-state index contributed by atoms with van der Waals surface area (Å²) in [5.41, 5.74) is 4.59. The number of fused-ring (bicyclic) bond motifs is 1. The molecule has 0 aliphatic heterocycles. The van der Waals surface area contributed by atoms with Gasteiger partial charge >= 0.3 is 6.18 Å². The molecule has 2 heterocycles. The summed E-state index contributed by atoms with van der Waals surface area (Å²) < 4.78 is 66.9. The first-order chi connectivity index (χ1) is 16.5. The van der Waals surface area contributed by atoms with E-state index in [4.69, 9.17) is 17.3 Å². The van der Waals surface area contributed by atoms with E-state index in [1.807, 2.05) is 0 Å². The molecule has 0 saturated carbocycles. The second-order valence-electron chi connectivity index (χ2n) is 7.27. The number of nitriles is 2. The van der Waals surface area contributed by atoms with Gasteiger partial charge in [0.15, 0.2) is 17.0 Å². The highest BCUT2D eigenvalue weighted by molar-refractivity contribution is 7.92. The predicted octanol–water partition coefficient (Wildman–Crippen LogP) is 4.31. The summed E-state index contributed by atoms with van der Waals surface area (Å²) in [5, 5.41) is 19.0. The number of sulfone groups is 1. The van der Waals surface area contributed by atoms with Crippen LogP contribution < -0.4 is 5.73 Å². The molecule has 13 heteroatoms. The zero-order valence-corrected chi connectivity index (χ0v) is 18.9. The van der Waals surface area contributed by atoms with Crippen LogP contribution in [-0.2, 0) is 22.6 Å². The van der Waals surface area contributed by atoms with Crippen molar-refractivity contribution in [2.45, 2.75) is 22.5 Å². The zero-order chi connectivity index (χ0) is 25.5. The number of nitrogen functional groups attached to an aromatic ring is 1. The lowest BCUT2D eigenvalue weighted by Crippen LogP contribution is -2.09. The number of alkyl halides is 3. The Kier molecular flexibility index (Phi) is 5.88. The minimum atomic E-state index is -4.53. The number of aromatic nitrogens is 3. The molecule has 4 aromatic rings. The van der Waals surface area contributed by atoms with Crippen molar-refractivity contribution in [1.29, 1.82) is 10.5 Å². The van der Waals surface area contributed by atoms with Crippen LogP contribution in [0.1, 0.15) is 22.5 Å². The van der Waals surface area contributed by atoms with E-state index >= 15 is 0 Å². The third kappa shape index (κ3) is 4.25. The summed E-state index contributed by atoms with van der Waals surface area (Å²) >= 11 is 5.86. The van der Waals surface area contributed by atoms with E-state index in [1.165, 1.54) is 41.0 Å². The van der Waals surface area contributed by atoms with E-state index in [2.05, 4.69) is 9.97 Å². The van der Waals surface area contributed by atoms with E-state index in [9.17, 15) is 32.1 Å². The first kappa shape index (κ1) is 24.0. The fourth-order valence-electron chi connectivity index (χ4n) is 3.42. The number of halogens is 4. The molecule has 2 N–H and O–H groups in total. The van der Waals surface area contributed by atoms with Crippen molar-refractivity contribution in [3.63, 3.8) is 0 Å². The van der Waals surface area contributed by atoms with Gasteiger partial charge in [0, 0.05) is 5.02 Å². The van der Waals surface area contributed by atoms with Crippen molar-refractivity contribution in [1.82, 2.24) is 14.5 Å². The summed E-state index contributed by atoms with van der Waals surface area (Å²) in [5.74, 6) is -0.311. The molecule has 0 fully saturated rings. The predicted molar refractivity (Wildman–Crippen MR) is 119 cm³/mol. The number of nitrogens with zero attached hydrogens (tertiary/aromatic N) is 5. The van der Waals surface area contributed by atoms with Crippen LogP contribution >= 0.6 is 11.6 Å². The lowest BCUT2D eigenvalue weighted by molar-refractivity contribution is -0.137. The molecule has 2 aromatic carbocycles. The molecule has 0 unspecified atom stereocenters. The first-order valence-electron chi connectivity index (χ1n) is 9.64. The Morgan fingerprint density at radius 3 is 2.09 bits per heavy atom. The maximum Gasteiger partial charge on any atom is 0.416 e.